The molecule has 2 rings (SSSR count). The number of carbonyl (C=O) groups is 1. The van der Waals surface area contributed by atoms with Crippen LogP contribution in [0.3, 0.4) is 0 Å². The zero-order chi connectivity index (χ0) is 13.1. The van der Waals surface area contributed by atoms with Gasteiger partial charge in [0.1, 0.15) is 0 Å². The van der Waals surface area contributed by atoms with Crippen molar-refractivity contribution < 1.29 is 4.79 Å². The topological polar surface area (TPSA) is 59.2 Å². The molecular formula is C14H21N3O. The van der Waals surface area contributed by atoms with Crippen molar-refractivity contribution in [3.8, 4) is 0 Å². The third kappa shape index (κ3) is 2.88. The average molecular weight is 247 g/mol. The minimum atomic E-state index is 0.264. The molecule has 0 radical (unpaired) electrons. The zero-order valence-electron chi connectivity index (χ0n) is 11.1. The predicted octanol–water partition coefficient (Wildman–Crippen LogP) is 1.54. The van der Waals surface area contributed by atoms with Crippen LogP contribution in [-0.2, 0) is 17.9 Å². The van der Waals surface area contributed by atoms with Crippen molar-refractivity contribution in [1.29, 1.82) is 0 Å². The summed E-state index contributed by atoms with van der Waals surface area (Å²) in [7, 11) is 0. The van der Waals surface area contributed by atoms with Crippen LogP contribution in [0.4, 0.5) is 0 Å². The monoisotopic (exact) mass is 247 g/mol. The fourth-order valence-electron chi connectivity index (χ4n) is 2.36. The molecule has 1 aliphatic rings. The van der Waals surface area contributed by atoms with Gasteiger partial charge in [0.2, 0.25) is 5.91 Å². The van der Waals surface area contributed by atoms with Gasteiger partial charge in [-0.2, -0.15) is 0 Å². The van der Waals surface area contributed by atoms with Crippen molar-refractivity contribution in [3.63, 3.8) is 0 Å². The molecule has 1 saturated heterocycles. The molecule has 98 valence electrons. The first-order chi connectivity index (χ1) is 8.60. The number of nitrogens with two attached hydrogens (primary N) is 1. The standard InChI is InChI=1S/C14H21N3O/c1-10(2)12-6-14(18)17(9-12)8-11-3-4-16-13(5-11)7-15/h3-5,10,12H,6-9,15H2,1-2H3. The number of nitrogens with zero attached hydrogens (tertiary/aromatic N) is 2. The number of hydrogen-bond acceptors (Lipinski definition) is 3. The van der Waals surface area contributed by atoms with Gasteiger partial charge in [0, 0.05) is 32.3 Å². The van der Waals surface area contributed by atoms with E-state index < -0.39 is 0 Å². The summed E-state index contributed by atoms with van der Waals surface area (Å²) in [6.07, 6.45) is 2.45. The maximum absolute atomic E-state index is 11.9. The minimum absolute atomic E-state index is 0.264. The number of carbonyl (C=O) groups excluding carboxylic acids is 1. The third-order valence-corrected chi connectivity index (χ3v) is 3.65. The number of likely N-dealkylation sites (tertiary alicyclic amines) is 1. The first-order valence-corrected chi connectivity index (χ1v) is 6.51. The molecule has 0 aromatic carbocycles. The van der Waals surface area contributed by atoms with E-state index in [0.29, 0.717) is 31.3 Å². The highest BCUT2D eigenvalue weighted by Crippen LogP contribution is 2.26. The summed E-state index contributed by atoms with van der Waals surface area (Å²) in [5.41, 5.74) is 7.56. The van der Waals surface area contributed by atoms with Crippen molar-refractivity contribution in [3.05, 3.63) is 29.6 Å². The summed E-state index contributed by atoms with van der Waals surface area (Å²) < 4.78 is 0. The summed E-state index contributed by atoms with van der Waals surface area (Å²) in [6.45, 7) is 6.35. The lowest BCUT2D eigenvalue weighted by Gasteiger charge is -2.18. The largest absolute Gasteiger partial charge is 0.338 e. The Hall–Kier alpha value is -1.42. The summed E-state index contributed by atoms with van der Waals surface area (Å²) in [4.78, 5) is 18.0. The first kappa shape index (κ1) is 13.0. The molecule has 0 spiro atoms. The van der Waals surface area contributed by atoms with E-state index in [1.807, 2.05) is 17.0 Å². The summed E-state index contributed by atoms with van der Waals surface area (Å²) >= 11 is 0. The Balaban J connectivity index is 2.03. The quantitative estimate of drug-likeness (QED) is 0.878. The van der Waals surface area contributed by atoms with E-state index in [9.17, 15) is 4.79 Å². The SMILES string of the molecule is CC(C)C1CC(=O)N(Cc2ccnc(CN)c2)C1. The third-order valence-electron chi connectivity index (χ3n) is 3.65. The number of aromatic nitrogens is 1. The lowest BCUT2D eigenvalue weighted by atomic mass is 9.95. The Labute approximate surface area is 108 Å². The van der Waals surface area contributed by atoms with Crippen LogP contribution in [0, 0.1) is 11.8 Å². The van der Waals surface area contributed by atoms with Gasteiger partial charge in [0.15, 0.2) is 0 Å². The van der Waals surface area contributed by atoms with Crippen molar-refractivity contribution in [2.75, 3.05) is 6.54 Å². The molecule has 1 aromatic rings. The van der Waals surface area contributed by atoms with E-state index >= 15 is 0 Å². The van der Waals surface area contributed by atoms with Crippen LogP contribution in [0.1, 0.15) is 31.5 Å². The summed E-state index contributed by atoms with van der Waals surface area (Å²) in [5, 5.41) is 0. The highest BCUT2D eigenvalue weighted by Gasteiger charge is 2.31. The molecule has 2 N–H and O–H groups in total. The van der Waals surface area contributed by atoms with E-state index in [1.54, 1.807) is 6.20 Å². The Kier molecular flexibility index (Phi) is 3.97. The van der Waals surface area contributed by atoms with Gasteiger partial charge in [-0.25, -0.2) is 0 Å². The highest BCUT2D eigenvalue weighted by atomic mass is 16.2. The second-order valence-electron chi connectivity index (χ2n) is 5.34. The molecule has 1 unspecified atom stereocenters. The first-order valence-electron chi connectivity index (χ1n) is 6.51. The van der Waals surface area contributed by atoms with Gasteiger partial charge in [0.05, 0.1) is 5.69 Å². The van der Waals surface area contributed by atoms with Gasteiger partial charge < -0.3 is 10.6 Å². The molecule has 1 aliphatic heterocycles. The Morgan fingerprint density at radius 3 is 2.94 bits per heavy atom. The normalized spacial score (nSPS) is 19.9. The van der Waals surface area contributed by atoms with E-state index in [0.717, 1.165) is 17.8 Å². The van der Waals surface area contributed by atoms with E-state index in [1.165, 1.54) is 0 Å². The van der Waals surface area contributed by atoms with Gasteiger partial charge >= 0.3 is 0 Å². The van der Waals surface area contributed by atoms with Gasteiger partial charge in [-0.3, -0.25) is 9.78 Å². The van der Waals surface area contributed by atoms with Crippen molar-refractivity contribution in [2.24, 2.45) is 17.6 Å². The lowest BCUT2D eigenvalue weighted by Crippen LogP contribution is -2.25. The van der Waals surface area contributed by atoms with Gasteiger partial charge in [-0.1, -0.05) is 13.8 Å². The Morgan fingerprint density at radius 2 is 2.33 bits per heavy atom. The summed E-state index contributed by atoms with van der Waals surface area (Å²) in [5.74, 6) is 1.32. The molecule has 1 fully saturated rings. The lowest BCUT2D eigenvalue weighted by molar-refractivity contribution is -0.128. The maximum atomic E-state index is 11.9. The Bertz CT molecular complexity index is 431. The molecule has 18 heavy (non-hydrogen) atoms. The van der Waals surface area contributed by atoms with Crippen LogP contribution in [0.5, 0.6) is 0 Å². The van der Waals surface area contributed by atoms with E-state index in [4.69, 9.17) is 5.73 Å². The molecule has 1 aromatic heterocycles. The molecule has 0 bridgehead atoms. The molecular weight excluding hydrogens is 226 g/mol. The summed E-state index contributed by atoms with van der Waals surface area (Å²) in [6, 6.07) is 3.94. The Morgan fingerprint density at radius 1 is 1.56 bits per heavy atom. The van der Waals surface area contributed by atoms with Crippen LogP contribution in [0.25, 0.3) is 0 Å². The second-order valence-corrected chi connectivity index (χ2v) is 5.34. The fraction of sp³-hybridized carbons (Fsp3) is 0.571. The molecule has 1 atom stereocenters. The van der Waals surface area contributed by atoms with Crippen molar-refractivity contribution >= 4 is 5.91 Å². The molecule has 1 amide bonds. The molecule has 2 heterocycles. The molecule has 0 saturated carbocycles. The van der Waals surface area contributed by atoms with Crippen LogP contribution in [0.2, 0.25) is 0 Å². The number of rotatable bonds is 4. The van der Waals surface area contributed by atoms with Crippen molar-refractivity contribution in [2.45, 2.75) is 33.4 Å². The van der Waals surface area contributed by atoms with Gasteiger partial charge in [-0.15, -0.1) is 0 Å². The maximum Gasteiger partial charge on any atom is 0.223 e. The average Bonchev–Trinajstić information content (AvgIpc) is 2.71. The highest BCUT2D eigenvalue weighted by molar-refractivity contribution is 5.78. The van der Waals surface area contributed by atoms with Crippen molar-refractivity contribution in [1.82, 2.24) is 9.88 Å². The van der Waals surface area contributed by atoms with Gasteiger partial charge in [0.25, 0.3) is 0 Å². The van der Waals surface area contributed by atoms with Crippen LogP contribution in [-0.4, -0.2) is 22.3 Å². The number of pyridine rings is 1. The number of amides is 1. The molecule has 4 nitrogen and oxygen atoms in total. The zero-order valence-corrected chi connectivity index (χ0v) is 11.1. The smallest absolute Gasteiger partial charge is 0.223 e. The van der Waals surface area contributed by atoms with Gasteiger partial charge in [-0.05, 0) is 29.5 Å². The fourth-order valence-corrected chi connectivity index (χ4v) is 2.36. The number of hydrogen-bond donors (Lipinski definition) is 1. The minimum Gasteiger partial charge on any atom is -0.338 e. The van der Waals surface area contributed by atoms with Crippen LogP contribution < -0.4 is 5.73 Å². The van der Waals surface area contributed by atoms with E-state index in [-0.39, 0.29) is 5.91 Å². The van der Waals surface area contributed by atoms with Crippen LogP contribution in [0.15, 0.2) is 18.3 Å². The van der Waals surface area contributed by atoms with Crippen LogP contribution >= 0.6 is 0 Å². The molecule has 0 aliphatic carbocycles. The molecule has 4 heteroatoms. The second kappa shape index (κ2) is 5.48. The predicted molar refractivity (Wildman–Crippen MR) is 70.5 cm³/mol. The van der Waals surface area contributed by atoms with E-state index in [2.05, 4.69) is 18.8 Å².